The molecule has 0 radical (unpaired) electrons. The fourth-order valence-electron chi connectivity index (χ4n) is 2.93. The van der Waals surface area contributed by atoms with E-state index in [4.69, 9.17) is 4.74 Å². The first-order chi connectivity index (χ1) is 12.7. The fourth-order valence-corrected chi connectivity index (χ4v) is 3.89. The maximum absolute atomic E-state index is 12.4. The largest absolute Gasteiger partial charge is 0.368 e. The zero-order valence-corrected chi connectivity index (χ0v) is 14.8. The number of anilines is 2. The second kappa shape index (κ2) is 7.27. The summed E-state index contributed by atoms with van der Waals surface area (Å²) in [7, 11) is 0. The van der Waals surface area contributed by atoms with Gasteiger partial charge in [-0.05, 0) is 54.6 Å². The molecule has 1 unspecified atom stereocenters. The molecule has 1 saturated heterocycles. The van der Waals surface area contributed by atoms with E-state index in [1.807, 2.05) is 30.3 Å². The average Bonchev–Trinajstić information content (AvgIpc) is 3.33. The third-order valence-electron chi connectivity index (χ3n) is 4.28. The summed E-state index contributed by atoms with van der Waals surface area (Å²) in [5, 5.41) is 6.79. The molecule has 1 aliphatic heterocycles. The van der Waals surface area contributed by atoms with Crippen LogP contribution in [0, 0.1) is 0 Å². The standard InChI is InChI=1S/C20H18N2O3S/c23-19(16-5-3-11-25-16)21-14-7-9-15(10-8-14)22-20(24)18-12-13-4-1-2-6-17(13)26-18/h1-2,4,6-10,12,16H,3,5,11H2,(H,21,23)(H,22,24). The smallest absolute Gasteiger partial charge is 0.265 e. The van der Waals surface area contributed by atoms with E-state index in [2.05, 4.69) is 10.6 Å². The van der Waals surface area contributed by atoms with Gasteiger partial charge in [0.1, 0.15) is 6.10 Å². The number of hydrogen-bond donors (Lipinski definition) is 2. The number of amides is 2. The Bertz CT molecular complexity index is 910. The predicted octanol–water partition coefficient (Wildman–Crippen LogP) is 4.27. The Morgan fingerprint density at radius 2 is 1.73 bits per heavy atom. The highest BCUT2D eigenvalue weighted by Crippen LogP contribution is 2.26. The first-order valence-electron chi connectivity index (χ1n) is 8.51. The van der Waals surface area contributed by atoms with Crippen LogP contribution in [-0.2, 0) is 9.53 Å². The van der Waals surface area contributed by atoms with Crippen LogP contribution in [0.15, 0.2) is 54.6 Å². The summed E-state index contributed by atoms with van der Waals surface area (Å²) in [6, 6.07) is 16.9. The summed E-state index contributed by atoms with van der Waals surface area (Å²) < 4.78 is 6.46. The number of thiophene rings is 1. The topological polar surface area (TPSA) is 67.4 Å². The zero-order chi connectivity index (χ0) is 17.9. The molecule has 1 aromatic heterocycles. The summed E-state index contributed by atoms with van der Waals surface area (Å²) in [6.07, 6.45) is 1.32. The molecule has 26 heavy (non-hydrogen) atoms. The van der Waals surface area contributed by atoms with Crippen LogP contribution in [0.1, 0.15) is 22.5 Å². The van der Waals surface area contributed by atoms with E-state index in [0.717, 1.165) is 22.9 Å². The third-order valence-corrected chi connectivity index (χ3v) is 5.40. The van der Waals surface area contributed by atoms with Gasteiger partial charge in [-0.1, -0.05) is 18.2 Å². The molecular weight excluding hydrogens is 348 g/mol. The van der Waals surface area contributed by atoms with E-state index in [1.54, 1.807) is 24.3 Å². The molecule has 0 saturated carbocycles. The van der Waals surface area contributed by atoms with Gasteiger partial charge >= 0.3 is 0 Å². The minimum atomic E-state index is -0.359. The molecule has 5 nitrogen and oxygen atoms in total. The van der Waals surface area contributed by atoms with E-state index >= 15 is 0 Å². The number of rotatable bonds is 4. The molecule has 1 atom stereocenters. The monoisotopic (exact) mass is 366 g/mol. The van der Waals surface area contributed by atoms with E-state index in [-0.39, 0.29) is 17.9 Å². The van der Waals surface area contributed by atoms with Crippen LogP contribution in [0.25, 0.3) is 10.1 Å². The Morgan fingerprint density at radius 3 is 2.42 bits per heavy atom. The zero-order valence-electron chi connectivity index (χ0n) is 14.0. The molecule has 0 aliphatic carbocycles. The number of carbonyl (C=O) groups is 2. The first-order valence-corrected chi connectivity index (χ1v) is 9.33. The van der Waals surface area contributed by atoms with Crippen molar-refractivity contribution < 1.29 is 14.3 Å². The van der Waals surface area contributed by atoms with Gasteiger partial charge in [0, 0.05) is 22.7 Å². The Labute approximate surface area is 155 Å². The minimum absolute atomic E-state index is 0.121. The fraction of sp³-hybridized carbons (Fsp3) is 0.200. The van der Waals surface area contributed by atoms with E-state index < -0.39 is 0 Å². The summed E-state index contributed by atoms with van der Waals surface area (Å²) in [5.41, 5.74) is 1.37. The molecule has 2 N–H and O–H groups in total. The van der Waals surface area contributed by atoms with Gasteiger partial charge in [0.2, 0.25) is 0 Å². The molecule has 132 valence electrons. The van der Waals surface area contributed by atoms with Crippen molar-refractivity contribution >= 4 is 44.6 Å². The molecule has 0 bridgehead atoms. The Hall–Kier alpha value is -2.70. The van der Waals surface area contributed by atoms with Crippen molar-refractivity contribution in [1.29, 1.82) is 0 Å². The second-order valence-electron chi connectivity index (χ2n) is 6.17. The predicted molar refractivity (Wildman–Crippen MR) is 104 cm³/mol. The number of fused-ring (bicyclic) bond motifs is 1. The Kier molecular flexibility index (Phi) is 4.69. The van der Waals surface area contributed by atoms with Crippen molar-refractivity contribution in [2.24, 2.45) is 0 Å². The first kappa shape index (κ1) is 16.8. The van der Waals surface area contributed by atoms with Crippen LogP contribution in [-0.4, -0.2) is 24.5 Å². The van der Waals surface area contributed by atoms with Crippen LogP contribution in [0.4, 0.5) is 11.4 Å². The number of ether oxygens (including phenoxy) is 1. The third kappa shape index (κ3) is 3.61. The molecule has 1 fully saturated rings. The summed E-state index contributed by atoms with van der Waals surface area (Å²) >= 11 is 1.47. The second-order valence-corrected chi connectivity index (χ2v) is 7.25. The molecule has 6 heteroatoms. The van der Waals surface area contributed by atoms with Crippen molar-refractivity contribution in [2.45, 2.75) is 18.9 Å². The maximum atomic E-state index is 12.4. The quantitative estimate of drug-likeness (QED) is 0.724. The lowest BCUT2D eigenvalue weighted by atomic mass is 10.2. The Balaban J connectivity index is 1.40. The van der Waals surface area contributed by atoms with Crippen molar-refractivity contribution in [1.82, 2.24) is 0 Å². The molecule has 2 aromatic carbocycles. The van der Waals surface area contributed by atoms with E-state index in [1.165, 1.54) is 11.3 Å². The molecule has 1 aliphatic rings. The minimum Gasteiger partial charge on any atom is -0.368 e. The van der Waals surface area contributed by atoms with Gasteiger partial charge in [-0.25, -0.2) is 0 Å². The Morgan fingerprint density at radius 1 is 1.00 bits per heavy atom. The van der Waals surface area contributed by atoms with Gasteiger partial charge in [0.15, 0.2) is 0 Å². The van der Waals surface area contributed by atoms with Gasteiger partial charge in [-0.15, -0.1) is 11.3 Å². The molecule has 4 rings (SSSR count). The van der Waals surface area contributed by atoms with Gasteiger partial charge < -0.3 is 15.4 Å². The number of nitrogens with one attached hydrogen (secondary N) is 2. The van der Waals surface area contributed by atoms with Crippen molar-refractivity contribution in [3.8, 4) is 0 Å². The SMILES string of the molecule is O=C(Nc1ccc(NC(=O)C2CCCO2)cc1)c1cc2ccccc2s1. The number of carbonyl (C=O) groups excluding carboxylic acids is 2. The number of hydrogen-bond acceptors (Lipinski definition) is 4. The van der Waals surface area contributed by atoms with Gasteiger partial charge in [0.05, 0.1) is 4.88 Å². The highest BCUT2D eigenvalue weighted by Gasteiger charge is 2.23. The van der Waals surface area contributed by atoms with E-state index in [9.17, 15) is 9.59 Å². The van der Waals surface area contributed by atoms with Gasteiger partial charge in [-0.2, -0.15) is 0 Å². The normalized spacial score (nSPS) is 16.5. The van der Waals surface area contributed by atoms with Crippen LogP contribution in [0.2, 0.25) is 0 Å². The van der Waals surface area contributed by atoms with Crippen molar-refractivity contribution in [3.63, 3.8) is 0 Å². The number of benzene rings is 2. The lowest BCUT2D eigenvalue weighted by Crippen LogP contribution is -2.26. The highest BCUT2D eigenvalue weighted by atomic mass is 32.1. The molecule has 0 spiro atoms. The van der Waals surface area contributed by atoms with E-state index in [0.29, 0.717) is 22.9 Å². The summed E-state index contributed by atoms with van der Waals surface area (Å²) in [4.78, 5) is 25.1. The van der Waals surface area contributed by atoms with Gasteiger partial charge in [0.25, 0.3) is 11.8 Å². The lowest BCUT2D eigenvalue weighted by Gasteiger charge is -2.11. The van der Waals surface area contributed by atoms with Crippen molar-refractivity contribution in [2.75, 3.05) is 17.2 Å². The molecular formula is C20H18N2O3S. The molecule has 2 heterocycles. The average molecular weight is 366 g/mol. The van der Waals surface area contributed by atoms with Crippen LogP contribution in [0.3, 0.4) is 0 Å². The van der Waals surface area contributed by atoms with Crippen LogP contribution < -0.4 is 10.6 Å². The summed E-state index contributed by atoms with van der Waals surface area (Å²) in [6.45, 7) is 0.640. The lowest BCUT2D eigenvalue weighted by molar-refractivity contribution is -0.124. The van der Waals surface area contributed by atoms with Gasteiger partial charge in [-0.3, -0.25) is 9.59 Å². The van der Waals surface area contributed by atoms with Crippen molar-refractivity contribution in [3.05, 3.63) is 59.5 Å². The summed E-state index contributed by atoms with van der Waals surface area (Å²) in [5.74, 6) is -0.257. The van der Waals surface area contributed by atoms with Crippen LogP contribution in [0.5, 0.6) is 0 Å². The maximum Gasteiger partial charge on any atom is 0.265 e. The molecule has 3 aromatic rings. The van der Waals surface area contributed by atoms with Crippen LogP contribution >= 0.6 is 11.3 Å². The molecule has 2 amide bonds. The highest BCUT2D eigenvalue weighted by molar-refractivity contribution is 7.20.